The number of allylic oxidation sites excluding steroid dienone is 1. The molecule has 1 N–H and O–H groups in total. The standard InChI is InChI=1S/C33H44N2O2.ClH/c1-4-10-26-15-17-27(18-16-26)31(37)14-6-7-24-35(5-2)29-19-22-33(23-20-29)21-9-12-28-11-8-13-30(32(28)33)34-25(3)36;/h8-9,11-13,15-18,29H,4-7,10,14,19-24H2,1-3H3,(H,34,36);1H. The summed E-state index contributed by atoms with van der Waals surface area (Å²) < 4.78 is 0. The minimum Gasteiger partial charge on any atom is -0.326 e. The van der Waals surface area contributed by atoms with Crippen LogP contribution in [-0.4, -0.2) is 35.7 Å². The summed E-state index contributed by atoms with van der Waals surface area (Å²) in [6.07, 6.45) is 15.1. The van der Waals surface area contributed by atoms with E-state index < -0.39 is 0 Å². The SMILES string of the molecule is CCCc1ccc(C(=O)CCCCN(CC)C2CCC3(CC=Cc4cccc(NC(C)=O)c43)CC2)cc1.Cl. The Hall–Kier alpha value is -2.43. The number of fused-ring (bicyclic) bond motifs is 2. The molecule has 0 aromatic heterocycles. The number of amides is 1. The number of halogens is 1. The first-order chi connectivity index (χ1) is 18.0. The average Bonchev–Trinajstić information content (AvgIpc) is 2.90. The molecular weight excluding hydrogens is 492 g/mol. The molecule has 0 heterocycles. The van der Waals surface area contributed by atoms with Gasteiger partial charge in [-0.15, -0.1) is 12.4 Å². The highest BCUT2D eigenvalue weighted by Crippen LogP contribution is 2.49. The number of Topliss-reactive ketones (excluding diaryl/α,β-unsaturated/α-hetero) is 1. The van der Waals surface area contributed by atoms with Crippen molar-refractivity contribution in [3.05, 3.63) is 70.8 Å². The Bertz CT molecular complexity index is 1100. The number of aryl methyl sites for hydroxylation is 1. The van der Waals surface area contributed by atoms with Crippen LogP contribution in [0.1, 0.15) is 106 Å². The number of carbonyl (C=O) groups excluding carboxylic acids is 2. The Morgan fingerprint density at radius 2 is 1.76 bits per heavy atom. The molecule has 0 atom stereocenters. The summed E-state index contributed by atoms with van der Waals surface area (Å²) in [5.74, 6) is 0.264. The molecule has 0 unspecified atom stereocenters. The number of nitrogens with one attached hydrogen (secondary N) is 1. The lowest BCUT2D eigenvalue weighted by atomic mass is 9.63. The monoisotopic (exact) mass is 536 g/mol. The van der Waals surface area contributed by atoms with Crippen molar-refractivity contribution in [1.82, 2.24) is 4.90 Å². The number of nitrogens with zero attached hydrogens (tertiary/aromatic N) is 1. The van der Waals surface area contributed by atoms with E-state index in [1.54, 1.807) is 6.92 Å². The lowest BCUT2D eigenvalue weighted by Crippen LogP contribution is -2.43. The molecule has 38 heavy (non-hydrogen) atoms. The fraction of sp³-hybridized carbons (Fsp3) is 0.515. The fourth-order valence-electron chi connectivity index (χ4n) is 6.57. The Labute approximate surface area is 235 Å². The van der Waals surface area contributed by atoms with Gasteiger partial charge in [0, 0.05) is 36.1 Å². The topological polar surface area (TPSA) is 49.4 Å². The van der Waals surface area contributed by atoms with E-state index in [4.69, 9.17) is 0 Å². The predicted octanol–water partition coefficient (Wildman–Crippen LogP) is 7.99. The largest absolute Gasteiger partial charge is 0.326 e. The third kappa shape index (κ3) is 7.15. The number of carbonyl (C=O) groups is 2. The van der Waals surface area contributed by atoms with Crippen LogP contribution in [0, 0.1) is 0 Å². The summed E-state index contributed by atoms with van der Waals surface area (Å²) in [4.78, 5) is 27.2. The molecule has 2 aromatic rings. The molecular formula is C33H45ClN2O2. The zero-order valence-corrected chi connectivity index (χ0v) is 24.2. The summed E-state index contributed by atoms with van der Waals surface area (Å²) in [6, 6.07) is 15.1. The van der Waals surface area contributed by atoms with Gasteiger partial charge in [-0.2, -0.15) is 0 Å². The molecule has 0 radical (unpaired) electrons. The van der Waals surface area contributed by atoms with Gasteiger partial charge < -0.3 is 10.2 Å². The summed E-state index contributed by atoms with van der Waals surface area (Å²) in [7, 11) is 0. The zero-order chi connectivity index (χ0) is 26.3. The van der Waals surface area contributed by atoms with E-state index in [0.717, 1.165) is 69.3 Å². The second kappa shape index (κ2) is 14.1. The molecule has 0 saturated heterocycles. The van der Waals surface area contributed by atoms with Crippen molar-refractivity contribution in [2.24, 2.45) is 0 Å². The number of rotatable bonds is 11. The first kappa shape index (κ1) is 30.1. The van der Waals surface area contributed by atoms with E-state index in [1.807, 2.05) is 18.2 Å². The number of hydrogen-bond donors (Lipinski definition) is 1. The molecule has 2 aromatic carbocycles. The van der Waals surface area contributed by atoms with Crippen LogP contribution in [0.25, 0.3) is 6.08 Å². The van der Waals surface area contributed by atoms with E-state index in [9.17, 15) is 9.59 Å². The summed E-state index contributed by atoms with van der Waals surface area (Å²) in [5, 5.41) is 3.10. The van der Waals surface area contributed by atoms with Crippen LogP contribution >= 0.6 is 12.4 Å². The van der Waals surface area contributed by atoms with Gasteiger partial charge in [-0.25, -0.2) is 0 Å². The van der Waals surface area contributed by atoms with Crippen molar-refractivity contribution in [1.29, 1.82) is 0 Å². The molecule has 1 saturated carbocycles. The summed E-state index contributed by atoms with van der Waals surface area (Å²) >= 11 is 0. The second-order valence-electron chi connectivity index (χ2n) is 11.0. The number of unbranched alkanes of at least 4 members (excludes halogenated alkanes) is 1. The van der Waals surface area contributed by atoms with Gasteiger partial charge in [0.05, 0.1) is 0 Å². The molecule has 4 nitrogen and oxygen atoms in total. The Morgan fingerprint density at radius 1 is 1.03 bits per heavy atom. The third-order valence-electron chi connectivity index (χ3n) is 8.49. The van der Waals surface area contributed by atoms with Crippen LogP contribution in [0.15, 0.2) is 48.5 Å². The molecule has 1 amide bonds. The highest BCUT2D eigenvalue weighted by molar-refractivity contribution is 5.96. The van der Waals surface area contributed by atoms with Crippen LogP contribution in [0.4, 0.5) is 5.69 Å². The highest BCUT2D eigenvalue weighted by atomic mass is 35.5. The average molecular weight is 537 g/mol. The smallest absolute Gasteiger partial charge is 0.221 e. The van der Waals surface area contributed by atoms with E-state index in [2.05, 4.69) is 60.5 Å². The van der Waals surface area contributed by atoms with Crippen molar-refractivity contribution in [2.75, 3.05) is 18.4 Å². The zero-order valence-electron chi connectivity index (χ0n) is 23.4. The van der Waals surface area contributed by atoms with Gasteiger partial charge >= 0.3 is 0 Å². The van der Waals surface area contributed by atoms with E-state index >= 15 is 0 Å². The van der Waals surface area contributed by atoms with Gasteiger partial charge in [-0.1, -0.05) is 68.8 Å². The van der Waals surface area contributed by atoms with Crippen molar-refractivity contribution in [2.45, 2.75) is 96.4 Å². The van der Waals surface area contributed by atoms with Crippen molar-refractivity contribution in [3.8, 4) is 0 Å². The molecule has 1 spiro atoms. The first-order valence-corrected chi connectivity index (χ1v) is 14.4. The summed E-state index contributed by atoms with van der Waals surface area (Å²) in [5.41, 5.74) is 5.88. The highest BCUT2D eigenvalue weighted by Gasteiger charge is 2.41. The fourth-order valence-corrected chi connectivity index (χ4v) is 6.57. The molecule has 5 heteroatoms. The van der Waals surface area contributed by atoms with Gasteiger partial charge in [0.2, 0.25) is 5.91 Å². The number of anilines is 1. The molecule has 4 rings (SSSR count). The molecule has 2 aliphatic rings. The van der Waals surface area contributed by atoms with E-state index in [0.29, 0.717) is 12.5 Å². The minimum atomic E-state index is -0.00376. The molecule has 1 fully saturated rings. The lowest BCUT2D eigenvalue weighted by Gasteiger charge is -2.46. The van der Waals surface area contributed by atoms with Gasteiger partial charge in [-0.3, -0.25) is 9.59 Å². The molecule has 2 aliphatic carbocycles. The lowest BCUT2D eigenvalue weighted by molar-refractivity contribution is -0.114. The molecule has 0 aliphatic heterocycles. The Morgan fingerprint density at radius 3 is 2.42 bits per heavy atom. The van der Waals surface area contributed by atoms with Crippen LogP contribution in [0.3, 0.4) is 0 Å². The Kier molecular flexibility index (Phi) is 11.2. The normalized spacial score (nSPS) is 20.2. The number of benzene rings is 2. The quantitative estimate of drug-likeness (QED) is 0.234. The minimum absolute atomic E-state index is 0. The van der Waals surface area contributed by atoms with Gasteiger partial charge in [0.15, 0.2) is 5.78 Å². The molecule has 206 valence electrons. The van der Waals surface area contributed by atoms with Crippen molar-refractivity contribution in [3.63, 3.8) is 0 Å². The van der Waals surface area contributed by atoms with Crippen LogP contribution in [0.5, 0.6) is 0 Å². The van der Waals surface area contributed by atoms with E-state index in [-0.39, 0.29) is 29.5 Å². The van der Waals surface area contributed by atoms with E-state index in [1.165, 1.54) is 29.5 Å². The van der Waals surface area contributed by atoms with Crippen LogP contribution < -0.4 is 5.32 Å². The van der Waals surface area contributed by atoms with Crippen LogP contribution in [-0.2, 0) is 16.6 Å². The van der Waals surface area contributed by atoms with Crippen molar-refractivity contribution >= 4 is 35.9 Å². The maximum Gasteiger partial charge on any atom is 0.221 e. The van der Waals surface area contributed by atoms with Crippen LogP contribution in [0.2, 0.25) is 0 Å². The van der Waals surface area contributed by atoms with Crippen molar-refractivity contribution < 1.29 is 9.59 Å². The maximum absolute atomic E-state index is 12.7. The van der Waals surface area contributed by atoms with Gasteiger partial charge in [-0.05, 0) is 87.2 Å². The first-order valence-electron chi connectivity index (χ1n) is 14.4. The number of hydrogen-bond acceptors (Lipinski definition) is 3. The third-order valence-corrected chi connectivity index (χ3v) is 8.49. The molecule has 0 bridgehead atoms. The predicted molar refractivity (Wildman–Crippen MR) is 161 cm³/mol. The summed E-state index contributed by atoms with van der Waals surface area (Å²) in [6.45, 7) is 8.15. The second-order valence-corrected chi connectivity index (χ2v) is 11.0. The maximum atomic E-state index is 12.7. The van der Waals surface area contributed by atoms with Gasteiger partial charge in [0.1, 0.15) is 0 Å². The Balaban J connectivity index is 0.00000400. The van der Waals surface area contributed by atoms with Gasteiger partial charge in [0.25, 0.3) is 0 Å². The number of ketones is 1.